The van der Waals surface area contributed by atoms with Crippen LogP contribution in [0, 0.1) is 0 Å². The van der Waals surface area contributed by atoms with Crippen LogP contribution in [0.4, 0.5) is 5.82 Å². The number of morpholine rings is 1. The van der Waals surface area contributed by atoms with E-state index in [0.29, 0.717) is 45.3 Å². The molecule has 0 bridgehead atoms. The molecule has 0 radical (unpaired) electrons. The topological polar surface area (TPSA) is 94.1 Å². The first-order valence-electron chi connectivity index (χ1n) is 7.70. The van der Waals surface area contributed by atoms with Crippen molar-refractivity contribution in [1.82, 2.24) is 14.3 Å². The Labute approximate surface area is 141 Å². The highest BCUT2D eigenvalue weighted by atomic mass is 32.2. The van der Waals surface area contributed by atoms with Crippen LogP contribution in [0.2, 0.25) is 0 Å². The van der Waals surface area contributed by atoms with Crippen molar-refractivity contribution >= 4 is 15.8 Å². The van der Waals surface area contributed by atoms with Crippen LogP contribution in [0.25, 0.3) is 0 Å². The molecule has 3 heterocycles. The molecular formula is C14H22N4O5S. The largest absolute Gasteiger partial charge is 0.481 e. The maximum atomic E-state index is 12.0. The van der Waals surface area contributed by atoms with Gasteiger partial charge in [-0.2, -0.15) is 4.31 Å². The predicted molar refractivity (Wildman–Crippen MR) is 86.7 cm³/mol. The van der Waals surface area contributed by atoms with Crippen molar-refractivity contribution in [3.63, 3.8) is 0 Å². The normalized spacial score (nSPS) is 26.3. The zero-order chi connectivity index (χ0) is 17.2. The third-order valence-electron chi connectivity index (χ3n) is 4.19. The van der Waals surface area contributed by atoms with Crippen LogP contribution in [0.3, 0.4) is 0 Å². The summed E-state index contributed by atoms with van der Waals surface area (Å²) in [5.41, 5.74) is -0.712. The molecule has 2 aliphatic rings. The van der Waals surface area contributed by atoms with Crippen molar-refractivity contribution in [2.75, 3.05) is 64.3 Å². The number of ether oxygens (including phenoxy) is 3. The fraction of sp³-hybridized carbons (Fsp3) is 0.714. The maximum absolute atomic E-state index is 12.0. The number of hydrogen-bond donors (Lipinski definition) is 0. The zero-order valence-corrected chi connectivity index (χ0v) is 14.7. The highest BCUT2D eigenvalue weighted by molar-refractivity contribution is 7.88. The third kappa shape index (κ3) is 3.77. The van der Waals surface area contributed by atoms with Crippen LogP contribution < -0.4 is 9.64 Å². The Kier molecular flexibility index (Phi) is 4.90. The highest BCUT2D eigenvalue weighted by Gasteiger charge is 2.42. The summed E-state index contributed by atoms with van der Waals surface area (Å²) in [5, 5.41) is 0. The molecule has 0 unspecified atom stereocenters. The average Bonchev–Trinajstić information content (AvgIpc) is 2.77. The second-order valence-electron chi connectivity index (χ2n) is 6.02. The van der Waals surface area contributed by atoms with E-state index in [9.17, 15) is 8.42 Å². The molecule has 0 amide bonds. The van der Waals surface area contributed by atoms with Crippen LogP contribution >= 0.6 is 0 Å². The van der Waals surface area contributed by atoms with E-state index in [-0.39, 0.29) is 6.54 Å². The first-order chi connectivity index (χ1) is 11.4. The average molecular weight is 358 g/mol. The van der Waals surface area contributed by atoms with E-state index in [1.165, 1.54) is 16.9 Å². The van der Waals surface area contributed by atoms with Gasteiger partial charge in [0.05, 0.1) is 39.7 Å². The zero-order valence-electron chi connectivity index (χ0n) is 13.8. The number of anilines is 1. The van der Waals surface area contributed by atoms with Crippen molar-refractivity contribution in [3.05, 3.63) is 12.4 Å². The lowest BCUT2D eigenvalue weighted by Gasteiger charge is -2.43. The lowest BCUT2D eigenvalue weighted by atomic mass is 10.0. The van der Waals surface area contributed by atoms with Crippen molar-refractivity contribution < 1.29 is 22.6 Å². The van der Waals surface area contributed by atoms with E-state index in [1.54, 1.807) is 13.2 Å². The Hall–Kier alpha value is -1.49. The lowest BCUT2D eigenvalue weighted by molar-refractivity contribution is -0.0955. The molecule has 0 aromatic carbocycles. The molecule has 1 atom stereocenters. The van der Waals surface area contributed by atoms with E-state index < -0.39 is 15.6 Å². The van der Waals surface area contributed by atoms with Crippen molar-refractivity contribution in [1.29, 1.82) is 0 Å². The molecule has 2 saturated heterocycles. The SMILES string of the molecule is COc1cc(N2CCO[C@]3(COCCN(S(C)(=O)=O)C3)C2)ncn1. The number of nitrogens with zero attached hydrogens (tertiary/aromatic N) is 4. The summed E-state index contributed by atoms with van der Waals surface area (Å²) < 4.78 is 42.1. The van der Waals surface area contributed by atoms with Crippen LogP contribution in [0.15, 0.2) is 12.4 Å². The number of hydrogen-bond acceptors (Lipinski definition) is 8. The van der Waals surface area contributed by atoms with Gasteiger partial charge < -0.3 is 19.1 Å². The predicted octanol–water partition coefficient (Wildman–Crippen LogP) is -0.648. The van der Waals surface area contributed by atoms with Crippen molar-refractivity contribution in [2.45, 2.75) is 5.60 Å². The van der Waals surface area contributed by atoms with Gasteiger partial charge in [-0.3, -0.25) is 0 Å². The molecule has 3 rings (SSSR count). The summed E-state index contributed by atoms with van der Waals surface area (Å²) in [6, 6.07) is 1.75. The molecule has 134 valence electrons. The minimum Gasteiger partial charge on any atom is -0.481 e. The fourth-order valence-corrected chi connectivity index (χ4v) is 3.87. The Balaban J connectivity index is 1.82. The summed E-state index contributed by atoms with van der Waals surface area (Å²) in [6.07, 6.45) is 2.66. The van der Waals surface area contributed by atoms with Crippen LogP contribution in [0.1, 0.15) is 0 Å². The Morgan fingerprint density at radius 1 is 1.25 bits per heavy atom. The monoisotopic (exact) mass is 358 g/mol. The molecule has 1 aromatic rings. The quantitative estimate of drug-likeness (QED) is 0.704. The van der Waals surface area contributed by atoms with Gasteiger partial charge in [0.2, 0.25) is 15.9 Å². The number of methoxy groups -OCH3 is 1. The summed E-state index contributed by atoms with van der Waals surface area (Å²) in [6.45, 7) is 2.92. The van der Waals surface area contributed by atoms with Gasteiger partial charge in [-0.15, -0.1) is 0 Å². The number of aromatic nitrogens is 2. The molecular weight excluding hydrogens is 336 g/mol. The summed E-state index contributed by atoms with van der Waals surface area (Å²) in [4.78, 5) is 10.3. The summed E-state index contributed by atoms with van der Waals surface area (Å²) in [5.74, 6) is 1.20. The number of sulfonamides is 1. The van der Waals surface area contributed by atoms with Crippen LogP contribution in [-0.2, 0) is 19.5 Å². The Morgan fingerprint density at radius 2 is 2.08 bits per heavy atom. The van der Waals surface area contributed by atoms with E-state index in [1.807, 2.05) is 4.90 Å². The molecule has 1 spiro atoms. The minimum absolute atomic E-state index is 0.268. The second-order valence-corrected chi connectivity index (χ2v) is 8.00. The lowest BCUT2D eigenvalue weighted by Crippen LogP contribution is -2.59. The highest BCUT2D eigenvalue weighted by Crippen LogP contribution is 2.27. The standard InChI is InChI=1S/C14H22N4O5S/c1-21-13-7-12(15-11-16-13)17-3-6-23-14(8-17)9-18(24(2,19)20)4-5-22-10-14/h7,11H,3-6,8-10H2,1-2H3/t14-/m1/s1. The molecule has 2 fully saturated rings. The Morgan fingerprint density at radius 3 is 2.83 bits per heavy atom. The van der Waals surface area contributed by atoms with E-state index in [0.717, 1.165) is 5.82 Å². The molecule has 0 saturated carbocycles. The van der Waals surface area contributed by atoms with Gasteiger partial charge >= 0.3 is 0 Å². The third-order valence-corrected chi connectivity index (χ3v) is 5.44. The first-order valence-corrected chi connectivity index (χ1v) is 9.55. The molecule has 1 aromatic heterocycles. The van der Waals surface area contributed by atoms with Gasteiger partial charge in [-0.25, -0.2) is 18.4 Å². The van der Waals surface area contributed by atoms with E-state index in [4.69, 9.17) is 14.2 Å². The summed E-state index contributed by atoms with van der Waals surface area (Å²) in [7, 11) is -1.76. The van der Waals surface area contributed by atoms with Crippen LogP contribution in [-0.4, -0.2) is 87.7 Å². The molecule has 10 heteroatoms. The van der Waals surface area contributed by atoms with E-state index >= 15 is 0 Å². The minimum atomic E-state index is -3.31. The second kappa shape index (κ2) is 6.79. The molecule has 0 aliphatic carbocycles. The molecule has 24 heavy (non-hydrogen) atoms. The van der Waals surface area contributed by atoms with E-state index in [2.05, 4.69) is 9.97 Å². The van der Waals surface area contributed by atoms with Gasteiger partial charge in [0.25, 0.3) is 0 Å². The van der Waals surface area contributed by atoms with Crippen LogP contribution in [0.5, 0.6) is 5.88 Å². The van der Waals surface area contributed by atoms with Crippen molar-refractivity contribution in [3.8, 4) is 5.88 Å². The maximum Gasteiger partial charge on any atom is 0.218 e. The molecule has 0 N–H and O–H groups in total. The van der Waals surface area contributed by atoms with Gasteiger partial charge in [0, 0.05) is 25.7 Å². The molecule has 9 nitrogen and oxygen atoms in total. The van der Waals surface area contributed by atoms with Gasteiger partial charge in [-0.1, -0.05) is 0 Å². The van der Waals surface area contributed by atoms with Crippen molar-refractivity contribution in [2.24, 2.45) is 0 Å². The van der Waals surface area contributed by atoms with Gasteiger partial charge in [-0.05, 0) is 0 Å². The Bertz CT molecular complexity index is 685. The smallest absolute Gasteiger partial charge is 0.218 e. The van der Waals surface area contributed by atoms with Gasteiger partial charge in [0.15, 0.2) is 0 Å². The summed E-state index contributed by atoms with van der Waals surface area (Å²) >= 11 is 0. The fourth-order valence-electron chi connectivity index (χ4n) is 2.99. The number of rotatable bonds is 3. The first kappa shape index (κ1) is 17.3. The van der Waals surface area contributed by atoms with Gasteiger partial charge in [0.1, 0.15) is 17.7 Å². The molecule has 2 aliphatic heterocycles.